The molecule has 136 valence electrons. The molecular weight excluding hydrogens is 348 g/mol. The Balaban J connectivity index is 1.67. The van der Waals surface area contributed by atoms with Crippen LogP contribution in [0.15, 0.2) is 54.7 Å². The topological polar surface area (TPSA) is 54.7 Å². The summed E-state index contributed by atoms with van der Waals surface area (Å²) in [7, 11) is 0. The molecule has 1 aromatic heterocycles. The third-order valence-corrected chi connectivity index (χ3v) is 5.31. The van der Waals surface area contributed by atoms with Gasteiger partial charge in [-0.1, -0.05) is 36.4 Å². The minimum absolute atomic E-state index is 0.0400. The summed E-state index contributed by atoms with van der Waals surface area (Å²) in [6.45, 7) is 3.64. The molecule has 26 heavy (non-hydrogen) atoms. The first-order valence-electron chi connectivity index (χ1n) is 8.78. The van der Waals surface area contributed by atoms with Gasteiger partial charge in [-0.15, -0.1) is 0 Å². The van der Waals surface area contributed by atoms with Crippen LogP contribution in [-0.2, 0) is 30.1 Å². The highest BCUT2D eigenvalue weighted by atomic mass is 32.2. The lowest BCUT2D eigenvalue weighted by Gasteiger charge is -2.31. The van der Waals surface area contributed by atoms with Crippen LogP contribution in [0, 0.1) is 0 Å². The molecule has 0 spiro atoms. The summed E-state index contributed by atoms with van der Waals surface area (Å²) in [6.07, 6.45) is 3.12. The quantitative estimate of drug-likeness (QED) is 0.646. The third kappa shape index (κ3) is 3.67. The maximum absolute atomic E-state index is 11.4. The van der Waals surface area contributed by atoms with E-state index in [1.54, 1.807) is 0 Å². The van der Waals surface area contributed by atoms with Crippen LogP contribution < -0.4 is 4.74 Å². The van der Waals surface area contributed by atoms with Crippen molar-refractivity contribution >= 4 is 22.0 Å². The van der Waals surface area contributed by atoms with E-state index in [2.05, 4.69) is 11.0 Å². The summed E-state index contributed by atoms with van der Waals surface area (Å²) in [5.74, 6) is 0.782. The summed E-state index contributed by atoms with van der Waals surface area (Å²) in [5.41, 5.74) is 3.21. The number of nitrogens with zero attached hydrogens (tertiary/aromatic N) is 2. The third-order valence-electron chi connectivity index (χ3n) is 4.81. The summed E-state index contributed by atoms with van der Waals surface area (Å²) >= 11 is -1.91. The zero-order valence-corrected chi connectivity index (χ0v) is 15.3. The molecule has 0 bridgehead atoms. The predicted octanol–water partition coefficient (Wildman–Crippen LogP) is 3.61. The van der Waals surface area contributed by atoms with Crippen LogP contribution in [0.5, 0.6) is 5.75 Å². The van der Waals surface area contributed by atoms with Crippen molar-refractivity contribution in [1.82, 2.24) is 9.47 Å². The van der Waals surface area contributed by atoms with Crippen molar-refractivity contribution in [3.05, 3.63) is 65.9 Å². The molecule has 2 heterocycles. The largest absolute Gasteiger partial charge is 0.487 e. The zero-order chi connectivity index (χ0) is 17.9. The van der Waals surface area contributed by atoms with Crippen molar-refractivity contribution in [2.75, 3.05) is 13.1 Å². The predicted molar refractivity (Wildman–Crippen MR) is 103 cm³/mol. The Morgan fingerprint density at radius 1 is 1.08 bits per heavy atom. The monoisotopic (exact) mass is 370 g/mol. The Bertz CT molecular complexity index is 919. The van der Waals surface area contributed by atoms with E-state index in [1.807, 2.05) is 53.2 Å². The van der Waals surface area contributed by atoms with E-state index in [4.69, 9.17) is 4.74 Å². The SMILES string of the molecule is O=S(O)Cn1ccc2c(CN3CCC3)ccc(OCc3ccccc3)c21. The molecule has 1 saturated heterocycles. The Morgan fingerprint density at radius 3 is 2.58 bits per heavy atom. The van der Waals surface area contributed by atoms with Crippen LogP contribution in [-0.4, -0.2) is 31.3 Å². The number of hydrogen-bond acceptors (Lipinski definition) is 3. The van der Waals surface area contributed by atoms with E-state index in [0.717, 1.165) is 41.9 Å². The molecule has 1 aliphatic heterocycles. The van der Waals surface area contributed by atoms with Crippen LogP contribution in [0.2, 0.25) is 0 Å². The van der Waals surface area contributed by atoms with Gasteiger partial charge in [-0.2, -0.15) is 0 Å². The zero-order valence-electron chi connectivity index (χ0n) is 14.5. The van der Waals surface area contributed by atoms with Crippen molar-refractivity contribution in [1.29, 1.82) is 0 Å². The van der Waals surface area contributed by atoms with Crippen molar-refractivity contribution in [3.8, 4) is 5.75 Å². The highest BCUT2D eigenvalue weighted by molar-refractivity contribution is 7.78. The fourth-order valence-electron chi connectivity index (χ4n) is 3.35. The van der Waals surface area contributed by atoms with Crippen molar-refractivity contribution in [3.63, 3.8) is 0 Å². The van der Waals surface area contributed by atoms with Crippen molar-refractivity contribution < 1.29 is 13.5 Å². The van der Waals surface area contributed by atoms with E-state index in [9.17, 15) is 8.76 Å². The molecule has 0 radical (unpaired) electrons. The number of rotatable bonds is 7. The average Bonchev–Trinajstić information content (AvgIpc) is 3.01. The Labute approximate surface area is 155 Å². The van der Waals surface area contributed by atoms with Crippen LogP contribution >= 0.6 is 0 Å². The standard InChI is InChI=1S/C20H22N2O3S/c23-26(24)15-22-12-9-18-17(13-21-10-4-11-21)7-8-19(20(18)22)25-14-16-5-2-1-3-6-16/h1-3,5-9,12H,4,10-11,13-15H2,(H,23,24). The minimum atomic E-state index is -1.91. The van der Waals surface area contributed by atoms with Gasteiger partial charge >= 0.3 is 0 Å². The average molecular weight is 370 g/mol. The second kappa shape index (κ2) is 7.61. The lowest BCUT2D eigenvalue weighted by atomic mass is 10.1. The van der Waals surface area contributed by atoms with Crippen LogP contribution in [0.4, 0.5) is 0 Å². The normalized spacial score (nSPS) is 15.7. The van der Waals surface area contributed by atoms with E-state index in [1.165, 1.54) is 12.0 Å². The summed E-state index contributed by atoms with van der Waals surface area (Å²) in [6, 6.07) is 16.1. The lowest BCUT2D eigenvalue weighted by Crippen LogP contribution is -2.36. The first kappa shape index (κ1) is 17.3. The summed E-state index contributed by atoms with van der Waals surface area (Å²) in [5, 5.41) is 1.09. The van der Waals surface area contributed by atoms with E-state index in [-0.39, 0.29) is 5.88 Å². The molecule has 0 amide bonds. The maximum Gasteiger partial charge on any atom is 0.173 e. The molecule has 0 aliphatic carbocycles. The number of aromatic nitrogens is 1. The van der Waals surface area contributed by atoms with Gasteiger partial charge in [0, 0.05) is 18.1 Å². The highest BCUT2D eigenvalue weighted by Gasteiger charge is 2.18. The second-order valence-electron chi connectivity index (χ2n) is 6.63. The smallest absolute Gasteiger partial charge is 0.173 e. The van der Waals surface area contributed by atoms with Crippen molar-refractivity contribution in [2.45, 2.75) is 25.4 Å². The van der Waals surface area contributed by atoms with Gasteiger partial charge in [0.1, 0.15) is 18.2 Å². The molecule has 6 heteroatoms. The lowest BCUT2D eigenvalue weighted by molar-refractivity contribution is 0.173. The first-order valence-corrected chi connectivity index (χ1v) is 10.1. The van der Waals surface area contributed by atoms with Gasteiger partial charge in [0.05, 0.1) is 5.52 Å². The Kier molecular flexibility index (Phi) is 5.06. The number of hydrogen-bond donors (Lipinski definition) is 1. The van der Waals surface area contributed by atoms with Gasteiger partial charge in [0.25, 0.3) is 0 Å². The molecule has 3 aromatic rings. The maximum atomic E-state index is 11.4. The fraction of sp³-hybridized carbons (Fsp3) is 0.300. The molecule has 1 aliphatic rings. The van der Waals surface area contributed by atoms with Crippen LogP contribution in [0.25, 0.3) is 10.9 Å². The molecular formula is C20H22N2O3S. The molecule has 1 fully saturated rings. The van der Waals surface area contributed by atoms with Gasteiger partial charge in [-0.3, -0.25) is 4.90 Å². The molecule has 4 rings (SSSR count). The molecule has 1 atom stereocenters. The first-order chi connectivity index (χ1) is 12.7. The van der Waals surface area contributed by atoms with E-state index >= 15 is 0 Å². The Morgan fingerprint density at radius 2 is 1.88 bits per heavy atom. The highest BCUT2D eigenvalue weighted by Crippen LogP contribution is 2.32. The van der Waals surface area contributed by atoms with Gasteiger partial charge in [-0.25, -0.2) is 4.21 Å². The van der Waals surface area contributed by atoms with E-state index < -0.39 is 11.1 Å². The second-order valence-corrected chi connectivity index (χ2v) is 7.53. The Hall–Kier alpha value is -2.15. The molecule has 1 N–H and O–H groups in total. The van der Waals surface area contributed by atoms with Gasteiger partial charge < -0.3 is 13.9 Å². The molecule has 0 saturated carbocycles. The summed E-state index contributed by atoms with van der Waals surface area (Å²) in [4.78, 5) is 2.40. The van der Waals surface area contributed by atoms with Crippen molar-refractivity contribution in [2.24, 2.45) is 0 Å². The fourth-order valence-corrected chi connectivity index (χ4v) is 3.80. The van der Waals surface area contributed by atoms with Gasteiger partial charge in [0.15, 0.2) is 11.1 Å². The van der Waals surface area contributed by atoms with Crippen LogP contribution in [0.3, 0.4) is 0 Å². The number of benzene rings is 2. The number of fused-ring (bicyclic) bond motifs is 1. The summed E-state index contributed by atoms with van der Waals surface area (Å²) < 4.78 is 28.6. The molecule has 1 unspecified atom stereocenters. The van der Waals surface area contributed by atoms with E-state index in [0.29, 0.717) is 6.61 Å². The minimum Gasteiger partial charge on any atom is -0.487 e. The van der Waals surface area contributed by atoms with Crippen LogP contribution in [0.1, 0.15) is 17.5 Å². The number of likely N-dealkylation sites (tertiary alicyclic amines) is 1. The van der Waals surface area contributed by atoms with Gasteiger partial charge in [-0.05, 0) is 42.8 Å². The van der Waals surface area contributed by atoms with Gasteiger partial charge in [0.2, 0.25) is 0 Å². The molecule has 2 aromatic carbocycles. The molecule has 5 nitrogen and oxygen atoms in total. The number of ether oxygens (including phenoxy) is 1.